The van der Waals surface area contributed by atoms with Crippen LogP contribution in [-0.4, -0.2) is 54.6 Å². The number of nitro groups is 1. The minimum atomic E-state index is -3.93. The van der Waals surface area contributed by atoms with E-state index in [1.807, 2.05) is 32.0 Å². The lowest BCUT2D eigenvalue weighted by Gasteiger charge is -2.33. The first-order valence-corrected chi connectivity index (χ1v) is 11.6. The molecule has 0 unspecified atom stereocenters. The van der Waals surface area contributed by atoms with Crippen molar-refractivity contribution in [2.45, 2.75) is 25.7 Å². The van der Waals surface area contributed by atoms with E-state index in [1.165, 1.54) is 16.4 Å². The Morgan fingerprint density at radius 1 is 1.03 bits per heavy atom. The molecule has 4 rings (SSSR count). The summed E-state index contributed by atoms with van der Waals surface area (Å²) in [7, 11) is -3.93. The van der Waals surface area contributed by atoms with Crippen LogP contribution in [0.2, 0.25) is 0 Å². The molecule has 0 atom stereocenters. The van der Waals surface area contributed by atoms with Crippen molar-refractivity contribution < 1.29 is 22.6 Å². The summed E-state index contributed by atoms with van der Waals surface area (Å²) in [6, 6.07) is 9.53. The molecule has 1 aliphatic rings. The molecule has 0 N–H and O–H groups in total. The van der Waals surface area contributed by atoms with Gasteiger partial charge in [-0.05, 0) is 31.9 Å². The van der Waals surface area contributed by atoms with E-state index in [0.717, 1.165) is 22.6 Å². The van der Waals surface area contributed by atoms with E-state index >= 15 is 0 Å². The highest BCUT2D eigenvalue weighted by Gasteiger charge is 2.33. The second kappa shape index (κ2) is 8.03. The maximum Gasteiger partial charge on any atom is 0.289 e. The molecule has 0 bridgehead atoms. The Bertz CT molecular complexity index is 1340. The number of para-hydroxylation sites is 1. The van der Waals surface area contributed by atoms with Crippen LogP contribution in [0.5, 0.6) is 0 Å². The van der Waals surface area contributed by atoms with Crippen LogP contribution in [0.15, 0.2) is 45.7 Å². The number of non-ortho nitro benzene ring substituents is 1. The molecule has 1 saturated heterocycles. The number of hydrogen-bond acceptors (Lipinski definition) is 6. The molecule has 0 spiro atoms. The number of amides is 1. The Hall–Kier alpha value is -3.24. The summed E-state index contributed by atoms with van der Waals surface area (Å²) in [5, 5.41) is 12.0. The number of piperazine rings is 1. The zero-order valence-corrected chi connectivity index (χ0v) is 18.8. The van der Waals surface area contributed by atoms with Gasteiger partial charge in [-0.2, -0.15) is 4.31 Å². The Morgan fingerprint density at radius 2 is 1.72 bits per heavy atom. The number of hydrogen-bond donors (Lipinski definition) is 0. The Kier molecular flexibility index (Phi) is 5.51. The van der Waals surface area contributed by atoms with Crippen LogP contribution in [0.25, 0.3) is 11.0 Å². The van der Waals surface area contributed by atoms with Crippen molar-refractivity contribution in [3.63, 3.8) is 0 Å². The monoisotopic (exact) mass is 457 g/mol. The Labute approximate surface area is 185 Å². The van der Waals surface area contributed by atoms with E-state index in [4.69, 9.17) is 4.42 Å². The number of carbonyl (C=O) groups excluding carboxylic acids is 1. The molecule has 10 heteroatoms. The van der Waals surface area contributed by atoms with Gasteiger partial charge in [0.1, 0.15) is 5.58 Å². The lowest BCUT2D eigenvalue weighted by atomic mass is 10.1. The van der Waals surface area contributed by atoms with Crippen LogP contribution < -0.4 is 0 Å². The Balaban J connectivity index is 1.54. The Morgan fingerprint density at radius 3 is 2.34 bits per heavy atom. The number of carbonyl (C=O) groups is 1. The molecule has 1 fully saturated rings. The summed E-state index contributed by atoms with van der Waals surface area (Å²) in [5.41, 5.74) is 2.53. The molecule has 0 aliphatic carbocycles. The summed E-state index contributed by atoms with van der Waals surface area (Å²) in [5.74, 6) is -0.0122. The van der Waals surface area contributed by atoms with Gasteiger partial charge in [-0.15, -0.1) is 0 Å². The fourth-order valence-electron chi connectivity index (χ4n) is 3.98. The van der Waals surface area contributed by atoms with Gasteiger partial charge in [0, 0.05) is 49.3 Å². The van der Waals surface area contributed by atoms with Gasteiger partial charge in [0.2, 0.25) is 10.0 Å². The van der Waals surface area contributed by atoms with Gasteiger partial charge in [-0.25, -0.2) is 8.42 Å². The summed E-state index contributed by atoms with van der Waals surface area (Å²) in [6.45, 7) is 5.93. The number of benzene rings is 2. The van der Waals surface area contributed by atoms with Crippen molar-refractivity contribution in [1.82, 2.24) is 9.21 Å². The van der Waals surface area contributed by atoms with Crippen LogP contribution in [0.4, 0.5) is 5.69 Å². The second-order valence-corrected chi connectivity index (χ2v) is 9.82. The molecule has 32 heavy (non-hydrogen) atoms. The fraction of sp³-hybridized carbons (Fsp3) is 0.318. The highest BCUT2D eigenvalue weighted by molar-refractivity contribution is 7.89. The molecule has 9 nitrogen and oxygen atoms in total. The van der Waals surface area contributed by atoms with Crippen molar-refractivity contribution in [2.24, 2.45) is 0 Å². The van der Waals surface area contributed by atoms with Crippen molar-refractivity contribution in [3.8, 4) is 0 Å². The van der Waals surface area contributed by atoms with Gasteiger partial charge in [-0.3, -0.25) is 14.9 Å². The van der Waals surface area contributed by atoms with Gasteiger partial charge in [0.15, 0.2) is 5.76 Å². The molecule has 1 amide bonds. The standard InChI is InChI=1S/C22H23N3O6S/c1-14-7-8-17(25(27)28)13-19(14)32(29,30)24-11-9-23(10-12-24)22(26)21-16(3)18-6-4-5-15(2)20(18)31-21/h4-8,13H,9-12H2,1-3H3. The molecule has 168 valence electrons. The molecule has 2 heterocycles. The lowest BCUT2D eigenvalue weighted by Crippen LogP contribution is -2.50. The summed E-state index contributed by atoms with van der Waals surface area (Å²) in [6.07, 6.45) is 0. The number of nitro benzene ring substituents is 1. The molecular formula is C22H23N3O6S. The number of fused-ring (bicyclic) bond motifs is 1. The topological polar surface area (TPSA) is 114 Å². The van der Waals surface area contributed by atoms with E-state index in [9.17, 15) is 23.3 Å². The van der Waals surface area contributed by atoms with Gasteiger partial charge < -0.3 is 9.32 Å². The quantitative estimate of drug-likeness (QED) is 0.438. The predicted octanol–water partition coefficient (Wildman–Crippen LogP) is 3.41. The first kappa shape index (κ1) is 22.0. The van der Waals surface area contributed by atoms with Gasteiger partial charge in [0.05, 0.1) is 9.82 Å². The average molecular weight is 458 g/mol. The second-order valence-electron chi connectivity index (χ2n) is 7.91. The van der Waals surface area contributed by atoms with Crippen LogP contribution in [0, 0.1) is 30.9 Å². The van der Waals surface area contributed by atoms with Crippen LogP contribution >= 0.6 is 0 Å². The fourth-order valence-corrected chi connectivity index (χ4v) is 5.65. The normalized spacial score (nSPS) is 15.3. The molecule has 0 radical (unpaired) electrons. The van der Waals surface area contributed by atoms with Crippen LogP contribution in [0.3, 0.4) is 0 Å². The van der Waals surface area contributed by atoms with Crippen molar-refractivity contribution in [2.75, 3.05) is 26.2 Å². The number of nitrogens with zero attached hydrogens (tertiary/aromatic N) is 3. The van der Waals surface area contributed by atoms with Crippen molar-refractivity contribution in [3.05, 3.63) is 69.0 Å². The zero-order chi connectivity index (χ0) is 23.2. The van der Waals surface area contributed by atoms with Crippen molar-refractivity contribution in [1.29, 1.82) is 0 Å². The van der Waals surface area contributed by atoms with E-state index in [0.29, 0.717) is 11.1 Å². The molecule has 3 aromatic rings. The smallest absolute Gasteiger partial charge is 0.289 e. The highest BCUT2D eigenvalue weighted by atomic mass is 32.2. The first-order chi connectivity index (χ1) is 15.1. The molecular weight excluding hydrogens is 434 g/mol. The third kappa shape index (κ3) is 3.65. The minimum Gasteiger partial charge on any atom is -0.450 e. The molecule has 2 aromatic carbocycles. The molecule has 1 aliphatic heterocycles. The highest BCUT2D eigenvalue weighted by Crippen LogP contribution is 2.30. The SMILES string of the molecule is Cc1ccc([N+](=O)[O-])cc1S(=O)(=O)N1CCN(C(=O)c2oc3c(C)cccc3c2C)CC1. The van der Waals surface area contributed by atoms with E-state index in [1.54, 1.807) is 11.8 Å². The lowest BCUT2D eigenvalue weighted by molar-refractivity contribution is -0.385. The summed E-state index contributed by atoms with van der Waals surface area (Å²) >= 11 is 0. The summed E-state index contributed by atoms with van der Waals surface area (Å²) < 4.78 is 33.4. The summed E-state index contributed by atoms with van der Waals surface area (Å²) in [4.78, 5) is 25.0. The van der Waals surface area contributed by atoms with Gasteiger partial charge >= 0.3 is 0 Å². The first-order valence-electron chi connectivity index (χ1n) is 10.1. The molecule has 0 saturated carbocycles. The zero-order valence-electron chi connectivity index (χ0n) is 18.0. The number of rotatable bonds is 4. The largest absolute Gasteiger partial charge is 0.450 e. The number of aryl methyl sites for hydroxylation is 3. The van der Waals surface area contributed by atoms with Crippen LogP contribution in [0.1, 0.15) is 27.2 Å². The predicted molar refractivity (Wildman–Crippen MR) is 118 cm³/mol. The van der Waals surface area contributed by atoms with Crippen LogP contribution in [-0.2, 0) is 10.0 Å². The van der Waals surface area contributed by atoms with Gasteiger partial charge in [-0.1, -0.05) is 24.3 Å². The minimum absolute atomic E-state index is 0.0879. The van der Waals surface area contributed by atoms with E-state index < -0.39 is 14.9 Å². The van der Waals surface area contributed by atoms with E-state index in [-0.39, 0.29) is 48.4 Å². The van der Waals surface area contributed by atoms with Crippen molar-refractivity contribution >= 4 is 32.6 Å². The number of furan rings is 1. The maximum absolute atomic E-state index is 13.1. The average Bonchev–Trinajstić information content (AvgIpc) is 3.11. The molecule has 1 aromatic heterocycles. The van der Waals surface area contributed by atoms with Gasteiger partial charge in [0.25, 0.3) is 11.6 Å². The van der Waals surface area contributed by atoms with E-state index in [2.05, 4.69) is 0 Å². The third-order valence-electron chi connectivity index (χ3n) is 5.88. The number of sulfonamides is 1. The third-order valence-corrected chi connectivity index (χ3v) is 7.92. The maximum atomic E-state index is 13.1.